The summed E-state index contributed by atoms with van der Waals surface area (Å²) in [6.07, 6.45) is -6.04. The maximum absolute atomic E-state index is 12.1. The van der Waals surface area contributed by atoms with E-state index in [-0.39, 0.29) is 12.3 Å². The Morgan fingerprint density at radius 1 is 0.789 bits per heavy atom. The summed E-state index contributed by atoms with van der Waals surface area (Å²) in [5.74, 6) is -2.80. The van der Waals surface area contributed by atoms with Crippen LogP contribution >= 0.6 is 0 Å². The molecule has 0 unspecified atom stereocenters. The number of nitrogens with zero attached hydrogens (tertiary/aromatic N) is 1. The molecule has 1 aliphatic heterocycles. The van der Waals surface area contributed by atoms with E-state index >= 15 is 0 Å². The van der Waals surface area contributed by atoms with Crippen LogP contribution in [-0.4, -0.2) is 59.8 Å². The first-order chi connectivity index (χ1) is 18.0. The lowest BCUT2D eigenvalue weighted by Gasteiger charge is -2.45. The highest BCUT2D eigenvalue weighted by Crippen LogP contribution is 2.41. The third-order valence-electron chi connectivity index (χ3n) is 5.65. The van der Waals surface area contributed by atoms with Gasteiger partial charge in [0.2, 0.25) is 0 Å². The van der Waals surface area contributed by atoms with Crippen LogP contribution in [0, 0.1) is 10.1 Å². The molecule has 38 heavy (non-hydrogen) atoms. The molecule has 12 heteroatoms. The fourth-order valence-electron chi connectivity index (χ4n) is 4.25. The van der Waals surface area contributed by atoms with Crippen molar-refractivity contribution in [1.82, 2.24) is 0 Å². The molecule has 1 saturated heterocycles. The molecule has 1 aliphatic rings. The molecule has 0 aliphatic carbocycles. The van der Waals surface area contributed by atoms with Crippen molar-refractivity contribution < 1.29 is 47.8 Å². The van der Waals surface area contributed by atoms with Crippen molar-refractivity contribution in [1.29, 1.82) is 0 Å². The van der Waals surface area contributed by atoms with Gasteiger partial charge in [0.25, 0.3) is 5.69 Å². The first-order valence-corrected chi connectivity index (χ1v) is 11.6. The van der Waals surface area contributed by atoms with Crippen LogP contribution in [0.3, 0.4) is 0 Å². The number of nitro benzene ring substituents is 1. The monoisotopic (exact) mass is 529 g/mol. The highest BCUT2D eigenvalue weighted by molar-refractivity contribution is 5.71. The molecule has 0 bridgehead atoms. The molecule has 0 N–H and O–H groups in total. The van der Waals surface area contributed by atoms with Gasteiger partial charge in [0.05, 0.1) is 4.92 Å². The van der Waals surface area contributed by atoms with Crippen molar-refractivity contribution in [3.8, 4) is 11.1 Å². The summed E-state index contributed by atoms with van der Waals surface area (Å²) in [5, 5.41) is 11.1. The molecule has 3 rings (SSSR count). The minimum atomic E-state index is -1.32. The Balaban J connectivity index is 2.15. The number of benzene rings is 2. The SMILES string of the molecule is CC(=O)OC[C@H]1O[C@H](c2ccccc2-c2ccc([N+](=O)[O-])cc2)[C@H](OC(C)=O)[C@@H](OC(C)=O)[C@H]1OC(C)=O. The standard InChI is InChI=1S/C26H27NO11/c1-14(28)34-13-22-24(35-15(2)29)26(37-17(4)31)25(36-16(3)30)23(38-22)21-8-6-5-7-20(21)18-9-11-19(12-10-18)27(32)33/h5-12,22-26H,13H2,1-4H3/t22-,23-,24+,25+,26+/m1/s1. The molecule has 0 saturated carbocycles. The molecule has 202 valence electrons. The van der Waals surface area contributed by atoms with E-state index in [0.29, 0.717) is 16.7 Å². The number of carbonyl (C=O) groups excluding carboxylic acids is 4. The number of hydrogen-bond donors (Lipinski definition) is 0. The van der Waals surface area contributed by atoms with Gasteiger partial charge in [0.1, 0.15) is 18.8 Å². The Labute approximate surface area is 217 Å². The maximum Gasteiger partial charge on any atom is 0.303 e. The Hall–Kier alpha value is -4.32. The number of esters is 4. The van der Waals surface area contributed by atoms with Crippen molar-refractivity contribution in [3.05, 3.63) is 64.2 Å². The van der Waals surface area contributed by atoms with Crippen LogP contribution in [0.1, 0.15) is 39.4 Å². The molecule has 0 amide bonds. The molecular formula is C26H27NO11. The van der Waals surface area contributed by atoms with Gasteiger partial charge in [0, 0.05) is 39.8 Å². The average Bonchev–Trinajstić information content (AvgIpc) is 2.84. The van der Waals surface area contributed by atoms with Crippen LogP contribution in [0.5, 0.6) is 0 Å². The minimum Gasteiger partial charge on any atom is -0.463 e. The van der Waals surface area contributed by atoms with E-state index in [2.05, 4.69) is 0 Å². The van der Waals surface area contributed by atoms with E-state index in [1.54, 1.807) is 36.4 Å². The predicted molar refractivity (Wildman–Crippen MR) is 129 cm³/mol. The quantitative estimate of drug-likeness (QED) is 0.214. The second-order valence-corrected chi connectivity index (χ2v) is 8.51. The molecule has 0 radical (unpaired) electrons. The lowest BCUT2D eigenvalue weighted by atomic mass is 9.87. The van der Waals surface area contributed by atoms with Gasteiger partial charge in [-0.25, -0.2) is 0 Å². The van der Waals surface area contributed by atoms with Gasteiger partial charge in [-0.05, 0) is 28.8 Å². The van der Waals surface area contributed by atoms with E-state index in [9.17, 15) is 29.3 Å². The van der Waals surface area contributed by atoms with Gasteiger partial charge in [-0.2, -0.15) is 0 Å². The Morgan fingerprint density at radius 3 is 1.89 bits per heavy atom. The summed E-state index contributed by atoms with van der Waals surface area (Å²) in [7, 11) is 0. The van der Waals surface area contributed by atoms with Crippen LogP contribution in [0.2, 0.25) is 0 Å². The van der Waals surface area contributed by atoms with Gasteiger partial charge in [-0.1, -0.05) is 24.3 Å². The van der Waals surface area contributed by atoms with Crippen LogP contribution in [0.15, 0.2) is 48.5 Å². The third-order valence-corrected chi connectivity index (χ3v) is 5.65. The second kappa shape index (κ2) is 12.3. The van der Waals surface area contributed by atoms with E-state index < -0.39 is 59.3 Å². The first kappa shape index (κ1) is 28.3. The molecule has 5 atom stereocenters. The zero-order valence-electron chi connectivity index (χ0n) is 21.2. The molecule has 1 heterocycles. The molecule has 12 nitrogen and oxygen atoms in total. The Morgan fingerprint density at radius 2 is 1.34 bits per heavy atom. The van der Waals surface area contributed by atoms with Crippen molar-refractivity contribution in [2.24, 2.45) is 0 Å². The number of rotatable bonds is 8. The normalized spacial score (nSPS) is 22.6. The van der Waals surface area contributed by atoms with Crippen molar-refractivity contribution in [2.45, 2.75) is 58.2 Å². The van der Waals surface area contributed by atoms with Gasteiger partial charge in [-0.3, -0.25) is 29.3 Å². The maximum atomic E-state index is 12.1. The van der Waals surface area contributed by atoms with Gasteiger partial charge < -0.3 is 23.7 Å². The van der Waals surface area contributed by atoms with Crippen molar-refractivity contribution in [2.75, 3.05) is 6.61 Å². The zero-order chi connectivity index (χ0) is 28.0. The summed E-state index contributed by atoms with van der Waals surface area (Å²) in [6, 6.07) is 12.7. The van der Waals surface area contributed by atoms with E-state index in [0.717, 1.165) is 20.8 Å². The summed E-state index contributed by atoms with van der Waals surface area (Å²) < 4.78 is 27.9. The lowest BCUT2D eigenvalue weighted by molar-refractivity contribution is -0.384. The van der Waals surface area contributed by atoms with Crippen LogP contribution in [-0.2, 0) is 42.9 Å². The highest BCUT2D eigenvalue weighted by Gasteiger charge is 2.52. The fraction of sp³-hybridized carbons (Fsp3) is 0.385. The first-order valence-electron chi connectivity index (χ1n) is 11.6. The predicted octanol–water partition coefficient (Wildman–Crippen LogP) is 3.06. The second-order valence-electron chi connectivity index (χ2n) is 8.51. The average molecular weight is 529 g/mol. The van der Waals surface area contributed by atoms with Gasteiger partial charge in [-0.15, -0.1) is 0 Å². The third kappa shape index (κ3) is 6.91. The number of carbonyl (C=O) groups is 4. The molecule has 2 aromatic carbocycles. The fourth-order valence-corrected chi connectivity index (χ4v) is 4.25. The molecule has 0 spiro atoms. The highest BCUT2D eigenvalue weighted by atomic mass is 16.7. The van der Waals surface area contributed by atoms with E-state index in [1.807, 2.05) is 0 Å². The zero-order valence-corrected chi connectivity index (χ0v) is 21.2. The van der Waals surface area contributed by atoms with Crippen LogP contribution in [0.4, 0.5) is 5.69 Å². The van der Waals surface area contributed by atoms with Crippen molar-refractivity contribution >= 4 is 29.6 Å². The minimum absolute atomic E-state index is 0.0986. The summed E-state index contributed by atoms with van der Waals surface area (Å²) in [6.45, 7) is 4.29. The molecule has 1 fully saturated rings. The smallest absolute Gasteiger partial charge is 0.303 e. The Kier molecular flexibility index (Phi) is 9.13. The van der Waals surface area contributed by atoms with E-state index in [1.165, 1.54) is 19.1 Å². The Bertz CT molecular complexity index is 1210. The lowest BCUT2D eigenvalue weighted by Crippen LogP contribution is -2.59. The topological polar surface area (TPSA) is 158 Å². The summed E-state index contributed by atoms with van der Waals surface area (Å²) in [5.41, 5.74) is 1.57. The largest absolute Gasteiger partial charge is 0.463 e. The number of non-ortho nitro benzene ring substituents is 1. The molecular weight excluding hydrogens is 502 g/mol. The number of nitro groups is 1. The van der Waals surface area contributed by atoms with Gasteiger partial charge >= 0.3 is 23.9 Å². The number of hydrogen-bond acceptors (Lipinski definition) is 11. The van der Waals surface area contributed by atoms with Crippen molar-refractivity contribution in [3.63, 3.8) is 0 Å². The van der Waals surface area contributed by atoms with Crippen LogP contribution in [0.25, 0.3) is 11.1 Å². The summed E-state index contributed by atoms with van der Waals surface area (Å²) >= 11 is 0. The summed E-state index contributed by atoms with van der Waals surface area (Å²) in [4.78, 5) is 58.3. The van der Waals surface area contributed by atoms with Crippen LogP contribution < -0.4 is 0 Å². The van der Waals surface area contributed by atoms with Gasteiger partial charge in [0.15, 0.2) is 18.3 Å². The molecule has 0 aromatic heterocycles. The number of ether oxygens (including phenoxy) is 5. The molecule has 2 aromatic rings. The van der Waals surface area contributed by atoms with E-state index in [4.69, 9.17) is 23.7 Å².